The van der Waals surface area contributed by atoms with Gasteiger partial charge in [0.05, 0.1) is 0 Å². The van der Waals surface area contributed by atoms with Crippen molar-refractivity contribution < 1.29 is 0 Å². The molecule has 0 aromatic rings. The standard InChI is InChI=1S/C10H16.C2H6/c1-5-6-7-8-10(4)9(2)3;1-2/h5-8H,1-4H3;1-2H3/b6-5+,8-7-;. The van der Waals surface area contributed by atoms with E-state index in [9.17, 15) is 0 Å². The van der Waals surface area contributed by atoms with Crippen molar-refractivity contribution >= 4 is 0 Å². The highest BCUT2D eigenvalue weighted by molar-refractivity contribution is 5.23. The van der Waals surface area contributed by atoms with Crippen molar-refractivity contribution in [1.82, 2.24) is 0 Å². The first-order valence-corrected chi connectivity index (χ1v) is 4.62. The van der Waals surface area contributed by atoms with E-state index in [4.69, 9.17) is 0 Å². The third-order valence-corrected chi connectivity index (χ3v) is 1.44. The molecule has 0 unspecified atom stereocenters. The average Bonchev–Trinajstić information content (AvgIpc) is 2.08. The van der Waals surface area contributed by atoms with E-state index >= 15 is 0 Å². The Bertz CT molecular complexity index is 164. The molecule has 70 valence electrons. The van der Waals surface area contributed by atoms with Crippen LogP contribution in [0.25, 0.3) is 0 Å². The number of rotatable bonds is 2. The van der Waals surface area contributed by atoms with Gasteiger partial charge in [-0.1, -0.05) is 49.3 Å². The molecule has 0 aromatic carbocycles. The lowest BCUT2D eigenvalue weighted by Crippen LogP contribution is -1.71. The molecule has 0 saturated carbocycles. The number of hydrogen-bond acceptors (Lipinski definition) is 0. The fourth-order valence-corrected chi connectivity index (χ4v) is 0.478. The van der Waals surface area contributed by atoms with Crippen molar-refractivity contribution in [3.8, 4) is 0 Å². The molecule has 0 N–H and O–H groups in total. The maximum Gasteiger partial charge on any atom is -0.0398 e. The van der Waals surface area contributed by atoms with Crippen LogP contribution in [0.15, 0.2) is 35.5 Å². The van der Waals surface area contributed by atoms with Gasteiger partial charge in [0.1, 0.15) is 0 Å². The molecule has 0 spiro atoms. The van der Waals surface area contributed by atoms with Crippen LogP contribution in [0, 0.1) is 0 Å². The average molecular weight is 166 g/mol. The summed E-state index contributed by atoms with van der Waals surface area (Å²) in [4.78, 5) is 0. The van der Waals surface area contributed by atoms with Crippen LogP contribution >= 0.6 is 0 Å². The summed E-state index contributed by atoms with van der Waals surface area (Å²) in [5.74, 6) is 0. The van der Waals surface area contributed by atoms with Gasteiger partial charge in [-0.25, -0.2) is 0 Å². The quantitative estimate of drug-likeness (QED) is 0.530. The molecule has 0 aliphatic rings. The van der Waals surface area contributed by atoms with Crippen LogP contribution < -0.4 is 0 Å². The largest absolute Gasteiger partial charge is 0.0877 e. The summed E-state index contributed by atoms with van der Waals surface area (Å²) >= 11 is 0. The molecule has 0 rings (SSSR count). The highest BCUT2D eigenvalue weighted by Crippen LogP contribution is 2.02. The van der Waals surface area contributed by atoms with E-state index in [-0.39, 0.29) is 0 Å². The Morgan fingerprint density at radius 3 is 1.75 bits per heavy atom. The summed E-state index contributed by atoms with van der Waals surface area (Å²) in [5, 5.41) is 0. The van der Waals surface area contributed by atoms with Crippen molar-refractivity contribution in [3.63, 3.8) is 0 Å². The molecule has 0 saturated heterocycles. The summed E-state index contributed by atoms with van der Waals surface area (Å²) < 4.78 is 0. The van der Waals surface area contributed by atoms with E-state index in [0.29, 0.717) is 0 Å². The third-order valence-electron chi connectivity index (χ3n) is 1.44. The summed E-state index contributed by atoms with van der Waals surface area (Å²) in [5.41, 5.74) is 2.72. The Hall–Kier alpha value is -0.780. The minimum absolute atomic E-state index is 1.35. The fraction of sp³-hybridized carbons (Fsp3) is 0.500. The molecule has 0 heteroatoms. The molecule has 0 fully saturated rings. The molecule has 0 bridgehead atoms. The molecule has 0 atom stereocenters. The smallest absolute Gasteiger partial charge is 0.0398 e. The van der Waals surface area contributed by atoms with Crippen molar-refractivity contribution in [3.05, 3.63) is 35.5 Å². The first-order valence-electron chi connectivity index (χ1n) is 4.62. The molecular formula is C12H22. The highest BCUT2D eigenvalue weighted by Gasteiger charge is 1.81. The third kappa shape index (κ3) is 9.22. The molecule has 0 aliphatic carbocycles. The zero-order chi connectivity index (χ0) is 9.98. The monoisotopic (exact) mass is 166 g/mol. The molecule has 0 radical (unpaired) electrons. The first kappa shape index (κ1) is 13.8. The van der Waals surface area contributed by atoms with E-state index in [1.807, 2.05) is 32.9 Å². The van der Waals surface area contributed by atoms with E-state index < -0.39 is 0 Å². The second-order valence-electron chi connectivity index (χ2n) is 2.57. The Morgan fingerprint density at radius 1 is 0.917 bits per heavy atom. The molecule has 0 aliphatic heterocycles. The minimum atomic E-state index is 1.35. The van der Waals surface area contributed by atoms with E-state index in [0.717, 1.165) is 0 Å². The highest BCUT2D eigenvalue weighted by atomic mass is 13.9. The summed E-state index contributed by atoms with van der Waals surface area (Å²) in [6.45, 7) is 12.4. The summed E-state index contributed by atoms with van der Waals surface area (Å²) in [6, 6.07) is 0. The molecule has 0 amide bonds. The van der Waals surface area contributed by atoms with Crippen molar-refractivity contribution in [2.75, 3.05) is 0 Å². The SMILES string of the molecule is C/C=C/C=C\C(C)=C(C)C.CC. The second kappa shape index (κ2) is 10.2. The maximum absolute atomic E-state index is 2.12. The Kier molecular flexibility index (Phi) is 11.7. The molecule has 0 nitrogen and oxygen atoms in total. The van der Waals surface area contributed by atoms with Gasteiger partial charge in [0.2, 0.25) is 0 Å². The topological polar surface area (TPSA) is 0 Å². The van der Waals surface area contributed by atoms with Gasteiger partial charge in [0.15, 0.2) is 0 Å². The van der Waals surface area contributed by atoms with E-state index in [1.54, 1.807) is 0 Å². The van der Waals surface area contributed by atoms with Gasteiger partial charge in [0, 0.05) is 0 Å². The van der Waals surface area contributed by atoms with Gasteiger partial charge < -0.3 is 0 Å². The van der Waals surface area contributed by atoms with Crippen molar-refractivity contribution in [2.24, 2.45) is 0 Å². The predicted molar refractivity (Wildman–Crippen MR) is 59.4 cm³/mol. The molecule has 0 aromatic heterocycles. The zero-order valence-corrected chi connectivity index (χ0v) is 9.31. The van der Waals surface area contributed by atoms with Crippen LogP contribution in [0.1, 0.15) is 41.5 Å². The van der Waals surface area contributed by atoms with Crippen molar-refractivity contribution in [1.29, 1.82) is 0 Å². The van der Waals surface area contributed by atoms with Crippen LogP contribution in [0.2, 0.25) is 0 Å². The molecular weight excluding hydrogens is 144 g/mol. The fourth-order valence-electron chi connectivity index (χ4n) is 0.478. The van der Waals surface area contributed by atoms with Gasteiger partial charge in [0.25, 0.3) is 0 Å². The first-order chi connectivity index (χ1) is 5.68. The Morgan fingerprint density at radius 2 is 1.42 bits per heavy atom. The predicted octanol–water partition coefficient (Wildman–Crippen LogP) is 4.50. The van der Waals surface area contributed by atoms with Gasteiger partial charge >= 0.3 is 0 Å². The minimum Gasteiger partial charge on any atom is -0.0877 e. The van der Waals surface area contributed by atoms with Gasteiger partial charge in [-0.15, -0.1) is 0 Å². The molecule has 12 heavy (non-hydrogen) atoms. The van der Waals surface area contributed by atoms with Gasteiger partial charge in [-0.2, -0.15) is 0 Å². The lowest BCUT2D eigenvalue weighted by atomic mass is 10.1. The van der Waals surface area contributed by atoms with Crippen LogP contribution in [-0.4, -0.2) is 0 Å². The maximum atomic E-state index is 2.12. The second-order valence-corrected chi connectivity index (χ2v) is 2.57. The Balaban J connectivity index is 0. The lowest BCUT2D eigenvalue weighted by Gasteiger charge is -1.92. The summed E-state index contributed by atoms with van der Waals surface area (Å²) in [7, 11) is 0. The van der Waals surface area contributed by atoms with Gasteiger partial charge in [-0.05, 0) is 27.7 Å². The number of hydrogen-bond donors (Lipinski definition) is 0. The van der Waals surface area contributed by atoms with Crippen LogP contribution in [0.3, 0.4) is 0 Å². The van der Waals surface area contributed by atoms with Crippen LogP contribution in [0.4, 0.5) is 0 Å². The lowest BCUT2D eigenvalue weighted by molar-refractivity contribution is 1.29. The normalized spacial score (nSPS) is 9.83. The zero-order valence-electron chi connectivity index (χ0n) is 9.31. The number of allylic oxidation sites excluding steroid dienone is 6. The van der Waals surface area contributed by atoms with E-state index in [1.165, 1.54) is 11.1 Å². The van der Waals surface area contributed by atoms with Crippen LogP contribution in [0.5, 0.6) is 0 Å². The summed E-state index contributed by atoms with van der Waals surface area (Å²) in [6.07, 6.45) is 8.24. The van der Waals surface area contributed by atoms with E-state index in [2.05, 4.69) is 32.9 Å². The van der Waals surface area contributed by atoms with Crippen molar-refractivity contribution in [2.45, 2.75) is 41.5 Å². The Labute approximate surface area is 77.7 Å². The van der Waals surface area contributed by atoms with Crippen LogP contribution in [-0.2, 0) is 0 Å². The van der Waals surface area contributed by atoms with Gasteiger partial charge in [-0.3, -0.25) is 0 Å². The molecule has 0 heterocycles.